The Morgan fingerprint density at radius 2 is 2.16 bits per heavy atom. The second-order valence-corrected chi connectivity index (χ2v) is 10.1. The number of aromatic amines is 1. The van der Waals surface area contributed by atoms with E-state index < -0.39 is 5.82 Å². The number of imidazole rings is 1. The molecule has 4 aromatic rings. The molecule has 0 aromatic carbocycles. The summed E-state index contributed by atoms with van der Waals surface area (Å²) in [5.74, 6) is -0.0159. The number of fused-ring (bicyclic) bond motifs is 3. The van der Waals surface area contributed by atoms with Gasteiger partial charge in [0.05, 0.1) is 46.3 Å². The van der Waals surface area contributed by atoms with Gasteiger partial charge in [0.15, 0.2) is 5.82 Å². The van der Waals surface area contributed by atoms with Crippen molar-refractivity contribution in [3.63, 3.8) is 0 Å². The fraction of sp³-hybridized carbons (Fsp3) is 0.143. The van der Waals surface area contributed by atoms with Crippen LogP contribution in [0.3, 0.4) is 0 Å². The predicted octanol–water partition coefficient (Wildman–Crippen LogP) is 5.07. The van der Waals surface area contributed by atoms with Crippen LogP contribution >= 0.6 is 11.3 Å². The van der Waals surface area contributed by atoms with Crippen LogP contribution in [0.15, 0.2) is 66.1 Å². The summed E-state index contributed by atoms with van der Waals surface area (Å²) in [5, 5.41) is 11.4. The number of allylic oxidation sites excluding steroid dienone is 3. The van der Waals surface area contributed by atoms with E-state index in [0.717, 1.165) is 27.5 Å². The van der Waals surface area contributed by atoms with Crippen molar-refractivity contribution in [3.8, 4) is 11.3 Å². The molecule has 2 aliphatic heterocycles. The highest BCUT2D eigenvalue weighted by molar-refractivity contribution is 7.11. The standard InChI is InChI=1S/C28H22FN7OS/c1-2-20(37)32-15-10-14(11-30-12-15)24-23(29)21-18(13-31-24)34-28-26(36-28)22(21)27-33-17-7-4-3-6-16(25(17)35-27)19-8-5-9-38-19/h3-6,8-13,28,34,36H,2,7H2,1H3,(H,32,37)(H,33,35). The van der Waals surface area contributed by atoms with Gasteiger partial charge in [0, 0.05) is 40.7 Å². The number of nitrogens with zero attached hydrogens (tertiary/aromatic N) is 3. The largest absolute Gasteiger partial charge is 0.360 e. The van der Waals surface area contributed by atoms with E-state index >= 15 is 4.39 Å². The van der Waals surface area contributed by atoms with E-state index in [2.05, 4.69) is 49.1 Å². The summed E-state index contributed by atoms with van der Waals surface area (Å²) in [6, 6.07) is 5.78. The number of aromatic nitrogens is 4. The molecule has 0 saturated carbocycles. The van der Waals surface area contributed by atoms with Gasteiger partial charge >= 0.3 is 0 Å². The van der Waals surface area contributed by atoms with E-state index in [1.807, 2.05) is 17.5 Å². The van der Waals surface area contributed by atoms with Crippen molar-refractivity contribution >= 4 is 39.8 Å². The number of carbonyl (C=O) groups is 1. The van der Waals surface area contributed by atoms with Crippen LogP contribution in [0.1, 0.15) is 41.0 Å². The maximum Gasteiger partial charge on any atom is 0.224 e. The summed E-state index contributed by atoms with van der Waals surface area (Å²) in [5.41, 5.74) is 6.57. The molecule has 0 spiro atoms. The fourth-order valence-electron chi connectivity index (χ4n) is 4.86. The summed E-state index contributed by atoms with van der Waals surface area (Å²) in [6.45, 7) is 1.77. The second kappa shape index (κ2) is 8.77. The molecule has 38 heavy (non-hydrogen) atoms. The lowest BCUT2D eigenvalue weighted by atomic mass is 9.98. The van der Waals surface area contributed by atoms with Crippen LogP contribution in [0.5, 0.6) is 0 Å². The van der Waals surface area contributed by atoms with E-state index in [-0.39, 0.29) is 17.8 Å². The maximum atomic E-state index is 16.3. The van der Waals surface area contributed by atoms with Gasteiger partial charge in [-0.2, -0.15) is 0 Å². The van der Waals surface area contributed by atoms with Gasteiger partial charge < -0.3 is 20.9 Å². The molecule has 1 fully saturated rings. The Balaban J connectivity index is 1.33. The lowest BCUT2D eigenvalue weighted by Crippen LogP contribution is -2.14. The first-order chi connectivity index (χ1) is 18.6. The van der Waals surface area contributed by atoms with Crippen molar-refractivity contribution in [2.75, 3.05) is 10.6 Å². The van der Waals surface area contributed by atoms with Gasteiger partial charge in [0.1, 0.15) is 17.7 Å². The third-order valence-electron chi connectivity index (χ3n) is 6.74. The van der Waals surface area contributed by atoms with Crippen molar-refractivity contribution in [3.05, 3.63) is 99.6 Å². The first-order valence-electron chi connectivity index (χ1n) is 12.3. The third kappa shape index (κ3) is 3.72. The third-order valence-corrected chi connectivity index (χ3v) is 7.64. The van der Waals surface area contributed by atoms with Gasteiger partial charge in [0.2, 0.25) is 5.91 Å². The Kier molecular flexibility index (Phi) is 5.22. The number of carbonyl (C=O) groups excluding carboxylic acids is 1. The molecule has 3 aliphatic rings. The van der Waals surface area contributed by atoms with Gasteiger partial charge in [-0.15, -0.1) is 11.3 Å². The SMILES string of the molecule is CCC(=O)Nc1cncc(-c2ncc3c(c2F)C(c2nc4c([nH]2)CC=CC=C4c2cccs2)=C2NC2N3)c1. The minimum Gasteiger partial charge on any atom is -0.360 e. The molecule has 188 valence electrons. The molecule has 1 unspecified atom stereocenters. The number of hydrogen-bond acceptors (Lipinski definition) is 7. The molecule has 0 radical (unpaired) electrons. The van der Waals surface area contributed by atoms with E-state index in [4.69, 9.17) is 4.98 Å². The highest BCUT2D eigenvalue weighted by Gasteiger charge is 2.42. The summed E-state index contributed by atoms with van der Waals surface area (Å²) in [6.07, 6.45) is 11.9. The number of halogens is 1. The highest BCUT2D eigenvalue weighted by atomic mass is 32.1. The summed E-state index contributed by atoms with van der Waals surface area (Å²) in [4.78, 5) is 30.1. The minimum absolute atomic E-state index is 0.0871. The monoisotopic (exact) mass is 523 g/mol. The number of H-pyrrole nitrogens is 1. The fourth-order valence-corrected chi connectivity index (χ4v) is 5.61. The zero-order valence-electron chi connectivity index (χ0n) is 20.3. The zero-order valence-corrected chi connectivity index (χ0v) is 21.1. The van der Waals surface area contributed by atoms with Gasteiger partial charge in [-0.1, -0.05) is 31.2 Å². The molecule has 1 aliphatic carbocycles. The number of pyridine rings is 2. The van der Waals surface area contributed by atoms with E-state index in [0.29, 0.717) is 46.7 Å². The molecular formula is C28H22FN7OS. The molecule has 4 aromatic heterocycles. The van der Waals surface area contributed by atoms with Crippen molar-refractivity contribution in [1.29, 1.82) is 0 Å². The number of thiophene rings is 1. The number of nitrogens with one attached hydrogen (secondary N) is 4. The maximum absolute atomic E-state index is 16.3. The zero-order chi connectivity index (χ0) is 25.8. The summed E-state index contributed by atoms with van der Waals surface area (Å²) >= 11 is 1.66. The first kappa shape index (κ1) is 22.6. The highest BCUT2D eigenvalue weighted by Crippen LogP contribution is 2.45. The average Bonchev–Trinajstić information content (AvgIpc) is 3.35. The van der Waals surface area contributed by atoms with Gasteiger partial charge in [-0.3, -0.25) is 14.8 Å². The lowest BCUT2D eigenvalue weighted by Gasteiger charge is -2.18. The van der Waals surface area contributed by atoms with Crippen molar-refractivity contribution in [1.82, 2.24) is 25.3 Å². The molecule has 1 amide bonds. The van der Waals surface area contributed by atoms with E-state index in [1.165, 1.54) is 6.20 Å². The van der Waals surface area contributed by atoms with Crippen LogP contribution in [0.4, 0.5) is 15.8 Å². The predicted molar refractivity (Wildman–Crippen MR) is 146 cm³/mol. The Bertz CT molecular complexity index is 1700. The van der Waals surface area contributed by atoms with Crippen LogP contribution in [-0.4, -0.2) is 32.0 Å². The smallest absolute Gasteiger partial charge is 0.224 e. The summed E-state index contributed by atoms with van der Waals surface area (Å²) < 4.78 is 16.3. The topological polar surface area (TPSA) is 118 Å². The molecule has 1 atom stereocenters. The molecular weight excluding hydrogens is 501 g/mol. The Labute approximate surface area is 221 Å². The van der Waals surface area contributed by atoms with Crippen LogP contribution in [-0.2, 0) is 11.2 Å². The molecule has 7 rings (SSSR count). The average molecular weight is 524 g/mol. The summed E-state index contributed by atoms with van der Waals surface area (Å²) in [7, 11) is 0. The van der Waals surface area contributed by atoms with Crippen molar-refractivity contribution in [2.24, 2.45) is 0 Å². The quantitative estimate of drug-likeness (QED) is 0.271. The van der Waals surface area contributed by atoms with Gasteiger partial charge in [-0.05, 0) is 17.5 Å². The Hall–Kier alpha value is -4.57. The molecule has 0 bridgehead atoms. The van der Waals surface area contributed by atoms with E-state index in [9.17, 15) is 4.79 Å². The number of anilines is 2. The second-order valence-electron chi connectivity index (χ2n) is 9.19. The Morgan fingerprint density at radius 3 is 3.00 bits per heavy atom. The minimum atomic E-state index is -0.481. The number of hydrogen-bond donors (Lipinski definition) is 4. The van der Waals surface area contributed by atoms with Crippen LogP contribution in [0.25, 0.3) is 22.4 Å². The number of rotatable bonds is 5. The first-order valence-corrected chi connectivity index (χ1v) is 13.2. The lowest BCUT2D eigenvalue weighted by molar-refractivity contribution is -0.115. The molecule has 10 heteroatoms. The van der Waals surface area contributed by atoms with Crippen molar-refractivity contribution < 1.29 is 9.18 Å². The van der Waals surface area contributed by atoms with Gasteiger partial charge in [0.25, 0.3) is 0 Å². The van der Waals surface area contributed by atoms with Crippen LogP contribution in [0, 0.1) is 5.82 Å². The van der Waals surface area contributed by atoms with Crippen LogP contribution in [0.2, 0.25) is 0 Å². The number of amides is 1. The Morgan fingerprint density at radius 1 is 1.24 bits per heavy atom. The normalized spacial score (nSPS) is 16.9. The van der Waals surface area contributed by atoms with Crippen LogP contribution < -0.4 is 16.0 Å². The van der Waals surface area contributed by atoms with Gasteiger partial charge in [-0.25, -0.2) is 9.37 Å². The molecule has 4 N–H and O–H groups in total. The molecule has 1 saturated heterocycles. The molecule has 6 heterocycles. The van der Waals surface area contributed by atoms with Crippen molar-refractivity contribution in [2.45, 2.75) is 25.9 Å². The molecule has 8 nitrogen and oxygen atoms in total. The van der Waals surface area contributed by atoms with E-state index in [1.54, 1.807) is 36.7 Å².